The summed E-state index contributed by atoms with van der Waals surface area (Å²) in [7, 11) is 0. The van der Waals surface area contributed by atoms with E-state index in [1.54, 1.807) is 0 Å². The van der Waals surface area contributed by atoms with E-state index in [1.165, 1.54) is 12.8 Å². The number of nitrogens with two attached hydrogens (primary N) is 1. The molecule has 0 aliphatic heterocycles. The second-order valence-corrected chi connectivity index (χ2v) is 5.99. The standard InChI is InChI=1S/C14H28N2O2/c1-10(2)7-12(9-17)16-14(18)8-11-5-3-4-6-13(11)15/h10-13,17H,3-9,15H2,1-2H3,(H,16,18). The molecule has 0 aromatic rings. The number of rotatable bonds is 6. The molecular weight excluding hydrogens is 228 g/mol. The highest BCUT2D eigenvalue weighted by atomic mass is 16.3. The van der Waals surface area contributed by atoms with Crippen LogP contribution in [0.4, 0.5) is 0 Å². The minimum absolute atomic E-state index is 0.0145. The number of carbonyl (C=O) groups is 1. The van der Waals surface area contributed by atoms with E-state index in [9.17, 15) is 9.90 Å². The Hall–Kier alpha value is -0.610. The van der Waals surface area contributed by atoms with Crippen molar-refractivity contribution in [3.05, 3.63) is 0 Å². The van der Waals surface area contributed by atoms with Crippen molar-refractivity contribution >= 4 is 5.91 Å². The zero-order chi connectivity index (χ0) is 13.5. The summed E-state index contributed by atoms with van der Waals surface area (Å²) in [4.78, 5) is 11.9. The lowest BCUT2D eigenvalue weighted by atomic mass is 9.83. The normalized spacial score (nSPS) is 26.1. The lowest BCUT2D eigenvalue weighted by Crippen LogP contribution is -2.42. The van der Waals surface area contributed by atoms with E-state index in [-0.39, 0.29) is 24.6 Å². The Morgan fingerprint density at radius 2 is 2.06 bits per heavy atom. The van der Waals surface area contributed by atoms with Crippen molar-refractivity contribution in [1.29, 1.82) is 0 Å². The maximum absolute atomic E-state index is 11.9. The number of aliphatic hydroxyl groups is 1. The number of aliphatic hydroxyl groups excluding tert-OH is 1. The van der Waals surface area contributed by atoms with Crippen molar-refractivity contribution in [2.24, 2.45) is 17.6 Å². The molecule has 1 saturated carbocycles. The van der Waals surface area contributed by atoms with Gasteiger partial charge in [-0.25, -0.2) is 0 Å². The second kappa shape index (κ2) is 7.74. The van der Waals surface area contributed by atoms with Crippen molar-refractivity contribution in [2.75, 3.05) is 6.61 Å². The van der Waals surface area contributed by atoms with Gasteiger partial charge in [-0.1, -0.05) is 26.7 Å². The molecule has 1 fully saturated rings. The van der Waals surface area contributed by atoms with Crippen molar-refractivity contribution < 1.29 is 9.90 Å². The first-order chi connectivity index (χ1) is 8.52. The first kappa shape index (κ1) is 15.4. The lowest BCUT2D eigenvalue weighted by Gasteiger charge is -2.28. The molecule has 0 aromatic carbocycles. The number of amides is 1. The predicted molar refractivity (Wildman–Crippen MR) is 73.0 cm³/mol. The highest BCUT2D eigenvalue weighted by Gasteiger charge is 2.25. The molecule has 4 nitrogen and oxygen atoms in total. The molecule has 0 bridgehead atoms. The third kappa shape index (κ3) is 5.36. The minimum atomic E-state index is -0.114. The zero-order valence-corrected chi connectivity index (χ0v) is 11.7. The molecule has 0 saturated heterocycles. The van der Waals surface area contributed by atoms with Gasteiger partial charge in [0.25, 0.3) is 0 Å². The Bertz CT molecular complexity index is 256. The molecule has 0 heterocycles. The number of nitrogens with one attached hydrogen (secondary N) is 1. The molecule has 18 heavy (non-hydrogen) atoms. The first-order valence-corrected chi connectivity index (χ1v) is 7.18. The number of carbonyl (C=O) groups excluding carboxylic acids is 1. The van der Waals surface area contributed by atoms with Crippen LogP contribution in [0.15, 0.2) is 0 Å². The molecule has 0 radical (unpaired) electrons. The van der Waals surface area contributed by atoms with Crippen LogP contribution in [0.1, 0.15) is 52.4 Å². The fraction of sp³-hybridized carbons (Fsp3) is 0.929. The molecule has 1 aliphatic carbocycles. The summed E-state index contributed by atoms with van der Waals surface area (Å²) in [6, 6.07) is 0.0551. The summed E-state index contributed by atoms with van der Waals surface area (Å²) in [6.45, 7) is 4.19. The maximum Gasteiger partial charge on any atom is 0.220 e. The topological polar surface area (TPSA) is 75.3 Å². The third-order valence-electron chi connectivity index (χ3n) is 3.76. The molecule has 0 spiro atoms. The van der Waals surface area contributed by atoms with E-state index in [1.807, 2.05) is 0 Å². The molecule has 4 N–H and O–H groups in total. The summed E-state index contributed by atoms with van der Waals surface area (Å²) >= 11 is 0. The zero-order valence-electron chi connectivity index (χ0n) is 11.7. The summed E-state index contributed by atoms with van der Waals surface area (Å²) in [5.74, 6) is 0.827. The maximum atomic E-state index is 11.9. The fourth-order valence-corrected chi connectivity index (χ4v) is 2.76. The van der Waals surface area contributed by atoms with Crippen molar-refractivity contribution in [3.8, 4) is 0 Å². The molecule has 3 unspecified atom stereocenters. The van der Waals surface area contributed by atoms with E-state index in [0.29, 0.717) is 18.3 Å². The van der Waals surface area contributed by atoms with Crippen LogP contribution in [0.2, 0.25) is 0 Å². The summed E-state index contributed by atoms with van der Waals surface area (Å²) in [6.07, 6.45) is 5.79. The van der Waals surface area contributed by atoms with Crippen LogP contribution < -0.4 is 11.1 Å². The van der Waals surface area contributed by atoms with Crippen LogP contribution in [-0.4, -0.2) is 29.7 Å². The van der Waals surface area contributed by atoms with Crippen molar-refractivity contribution in [2.45, 2.75) is 64.5 Å². The molecule has 4 heteroatoms. The summed E-state index contributed by atoms with van der Waals surface area (Å²) in [5.41, 5.74) is 6.04. The van der Waals surface area contributed by atoms with Crippen LogP contribution in [0.5, 0.6) is 0 Å². The Kier molecular flexibility index (Phi) is 6.65. The second-order valence-electron chi connectivity index (χ2n) is 5.99. The first-order valence-electron chi connectivity index (χ1n) is 7.18. The van der Waals surface area contributed by atoms with Gasteiger partial charge in [-0.3, -0.25) is 4.79 Å². The van der Waals surface area contributed by atoms with E-state index < -0.39 is 0 Å². The van der Waals surface area contributed by atoms with Gasteiger partial charge in [0.2, 0.25) is 5.91 Å². The third-order valence-corrected chi connectivity index (χ3v) is 3.76. The number of hydrogen-bond donors (Lipinski definition) is 3. The van der Waals surface area contributed by atoms with Crippen LogP contribution >= 0.6 is 0 Å². The monoisotopic (exact) mass is 256 g/mol. The average Bonchev–Trinajstić information content (AvgIpc) is 2.30. The highest BCUT2D eigenvalue weighted by Crippen LogP contribution is 2.25. The van der Waals surface area contributed by atoms with Gasteiger partial charge >= 0.3 is 0 Å². The summed E-state index contributed by atoms with van der Waals surface area (Å²) in [5, 5.41) is 12.2. The van der Waals surface area contributed by atoms with Crippen molar-refractivity contribution in [1.82, 2.24) is 5.32 Å². The van der Waals surface area contributed by atoms with Gasteiger partial charge in [0.05, 0.1) is 12.6 Å². The fourth-order valence-electron chi connectivity index (χ4n) is 2.76. The SMILES string of the molecule is CC(C)CC(CO)NC(=O)CC1CCCCC1N. The largest absolute Gasteiger partial charge is 0.394 e. The molecule has 1 rings (SSSR count). The average molecular weight is 256 g/mol. The van der Waals surface area contributed by atoms with Gasteiger partial charge in [-0.05, 0) is 31.1 Å². The smallest absolute Gasteiger partial charge is 0.220 e. The van der Waals surface area contributed by atoms with Gasteiger partial charge in [-0.2, -0.15) is 0 Å². The molecular formula is C14H28N2O2. The van der Waals surface area contributed by atoms with Gasteiger partial charge in [-0.15, -0.1) is 0 Å². The van der Waals surface area contributed by atoms with Gasteiger partial charge in [0.15, 0.2) is 0 Å². The quantitative estimate of drug-likeness (QED) is 0.672. The number of hydrogen-bond acceptors (Lipinski definition) is 3. The van der Waals surface area contributed by atoms with Gasteiger partial charge in [0.1, 0.15) is 0 Å². The van der Waals surface area contributed by atoms with E-state index in [0.717, 1.165) is 19.3 Å². The van der Waals surface area contributed by atoms with E-state index in [4.69, 9.17) is 5.73 Å². The lowest BCUT2D eigenvalue weighted by molar-refractivity contribution is -0.123. The van der Waals surface area contributed by atoms with Crippen LogP contribution in [0, 0.1) is 11.8 Å². The van der Waals surface area contributed by atoms with E-state index >= 15 is 0 Å². The molecule has 0 aromatic heterocycles. The van der Waals surface area contributed by atoms with Crippen molar-refractivity contribution in [3.63, 3.8) is 0 Å². The summed E-state index contributed by atoms with van der Waals surface area (Å²) < 4.78 is 0. The molecule has 1 amide bonds. The van der Waals surface area contributed by atoms with Crippen LogP contribution in [-0.2, 0) is 4.79 Å². The van der Waals surface area contributed by atoms with E-state index in [2.05, 4.69) is 19.2 Å². The molecule has 1 aliphatic rings. The Morgan fingerprint density at radius 3 is 2.61 bits per heavy atom. The Labute approximate surface area is 110 Å². The minimum Gasteiger partial charge on any atom is -0.394 e. The highest BCUT2D eigenvalue weighted by molar-refractivity contribution is 5.76. The van der Waals surface area contributed by atoms with Crippen LogP contribution in [0.3, 0.4) is 0 Å². The van der Waals surface area contributed by atoms with Gasteiger partial charge in [0, 0.05) is 12.5 Å². The van der Waals surface area contributed by atoms with Gasteiger partial charge < -0.3 is 16.2 Å². The Morgan fingerprint density at radius 1 is 1.39 bits per heavy atom. The Balaban J connectivity index is 2.34. The molecule has 106 valence electrons. The molecule has 3 atom stereocenters. The van der Waals surface area contributed by atoms with Crippen LogP contribution in [0.25, 0.3) is 0 Å². The predicted octanol–water partition coefficient (Wildman–Crippen LogP) is 1.42.